The summed E-state index contributed by atoms with van der Waals surface area (Å²) in [7, 11) is 0. The molecule has 0 fully saturated rings. The van der Waals surface area contributed by atoms with Crippen LogP contribution in [-0.4, -0.2) is 5.78 Å². The van der Waals surface area contributed by atoms with Crippen molar-refractivity contribution in [2.45, 2.75) is 26.4 Å². The predicted molar refractivity (Wildman–Crippen MR) is 81.2 cm³/mol. The van der Waals surface area contributed by atoms with Crippen LogP contribution in [0.25, 0.3) is 0 Å². The molecular weight excluding hydrogens is 291 g/mol. The molecule has 4 heteroatoms. The molecular formula is C17H16ClFO2. The normalized spacial score (nSPS) is 10.4. The summed E-state index contributed by atoms with van der Waals surface area (Å²) >= 11 is 5.94. The highest BCUT2D eigenvalue weighted by atomic mass is 35.5. The molecule has 2 rings (SSSR count). The fourth-order valence-corrected chi connectivity index (χ4v) is 2.09. The lowest BCUT2D eigenvalue weighted by molar-refractivity contribution is -0.116. The van der Waals surface area contributed by atoms with Crippen LogP contribution >= 0.6 is 11.6 Å². The largest absolute Gasteiger partial charge is 0.489 e. The molecule has 0 aliphatic heterocycles. The molecule has 0 unspecified atom stereocenters. The summed E-state index contributed by atoms with van der Waals surface area (Å²) in [4.78, 5) is 10.9. The molecule has 0 aliphatic rings. The van der Waals surface area contributed by atoms with Gasteiger partial charge in [-0.2, -0.15) is 0 Å². The van der Waals surface area contributed by atoms with Gasteiger partial charge in [-0.25, -0.2) is 4.39 Å². The average Bonchev–Trinajstić information content (AvgIpc) is 2.45. The zero-order valence-corrected chi connectivity index (χ0v) is 12.5. The molecule has 2 nitrogen and oxygen atoms in total. The SMILES string of the molecule is CC(=O)CCc1ccc(OCc2ccc(F)cc2Cl)cc1. The Labute approximate surface area is 128 Å². The second-order valence-electron chi connectivity index (χ2n) is 4.87. The molecule has 0 atom stereocenters. The van der Waals surface area contributed by atoms with Gasteiger partial charge in [0.15, 0.2) is 0 Å². The van der Waals surface area contributed by atoms with Crippen LogP contribution < -0.4 is 4.74 Å². The highest BCUT2D eigenvalue weighted by Crippen LogP contribution is 2.20. The maximum Gasteiger partial charge on any atom is 0.130 e. The summed E-state index contributed by atoms with van der Waals surface area (Å²) in [5.41, 5.74) is 1.83. The van der Waals surface area contributed by atoms with Crippen LogP contribution in [0.1, 0.15) is 24.5 Å². The molecule has 2 aromatic carbocycles. The molecule has 0 aromatic heterocycles. The zero-order valence-electron chi connectivity index (χ0n) is 11.7. The molecule has 0 heterocycles. The lowest BCUT2D eigenvalue weighted by Gasteiger charge is -2.08. The first-order valence-corrected chi connectivity index (χ1v) is 7.07. The van der Waals surface area contributed by atoms with E-state index in [9.17, 15) is 9.18 Å². The van der Waals surface area contributed by atoms with Gasteiger partial charge < -0.3 is 9.53 Å². The van der Waals surface area contributed by atoms with Crippen molar-refractivity contribution < 1.29 is 13.9 Å². The van der Waals surface area contributed by atoms with Crippen LogP contribution in [0.3, 0.4) is 0 Å². The summed E-state index contributed by atoms with van der Waals surface area (Å²) in [6.45, 7) is 1.87. The number of carbonyl (C=O) groups is 1. The second-order valence-corrected chi connectivity index (χ2v) is 5.28. The van der Waals surface area contributed by atoms with Crippen LogP contribution in [-0.2, 0) is 17.8 Å². The predicted octanol–water partition coefficient (Wildman–Crippen LogP) is 4.58. The van der Waals surface area contributed by atoms with E-state index in [0.29, 0.717) is 17.2 Å². The summed E-state index contributed by atoms with van der Waals surface area (Å²) in [6, 6.07) is 11.8. The van der Waals surface area contributed by atoms with Crippen molar-refractivity contribution >= 4 is 17.4 Å². The van der Waals surface area contributed by atoms with Crippen LogP contribution in [0.15, 0.2) is 42.5 Å². The third-order valence-electron chi connectivity index (χ3n) is 3.10. The van der Waals surface area contributed by atoms with E-state index >= 15 is 0 Å². The van der Waals surface area contributed by atoms with Gasteiger partial charge in [0.05, 0.1) is 5.02 Å². The minimum Gasteiger partial charge on any atom is -0.489 e. The quantitative estimate of drug-likeness (QED) is 0.781. The lowest BCUT2D eigenvalue weighted by Crippen LogP contribution is -1.97. The molecule has 21 heavy (non-hydrogen) atoms. The minimum atomic E-state index is -0.362. The van der Waals surface area contributed by atoms with Gasteiger partial charge in [0.25, 0.3) is 0 Å². The fraction of sp³-hybridized carbons (Fsp3) is 0.235. The van der Waals surface area contributed by atoms with Gasteiger partial charge in [-0.15, -0.1) is 0 Å². The molecule has 0 amide bonds. The Balaban J connectivity index is 1.92. The first-order chi connectivity index (χ1) is 10.0. The van der Waals surface area contributed by atoms with E-state index in [1.807, 2.05) is 24.3 Å². The van der Waals surface area contributed by atoms with Crippen LogP contribution in [0.5, 0.6) is 5.75 Å². The van der Waals surface area contributed by atoms with Crippen LogP contribution in [0.2, 0.25) is 5.02 Å². The fourth-order valence-electron chi connectivity index (χ4n) is 1.87. The number of Topliss-reactive ketones (excluding diaryl/α,β-unsaturated/α-hetero) is 1. The average molecular weight is 307 g/mol. The zero-order chi connectivity index (χ0) is 15.2. The lowest BCUT2D eigenvalue weighted by atomic mass is 10.1. The van der Waals surface area contributed by atoms with Gasteiger partial charge in [-0.3, -0.25) is 0 Å². The number of hydrogen-bond donors (Lipinski definition) is 0. The third-order valence-corrected chi connectivity index (χ3v) is 3.45. The Morgan fingerprint density at radius 1 is 1.19 bits per heavy atom. The maximum atomic E-state index is 12.9. The Morgan fingerprint density at radius 3 is 2.52 bits per heavy atom. The number of carbonyl (C=O) groups excluding carboxylic acids is 1. The summed E-state index contributed by atoms with van der Waals surface area (Å²) < 4.78 is 18.6. The first-order valence-electron chi connectivity index (χ1n) is 6.69. The summed E-state index contributed by atoms with van der Waals surface area (Å²) in [6.07, 6.45) is 1.28. The molecule has 0 aliphatic carbocycles. The van der Waals surface area contributed by atoms with Gasteiger partial charge in [0.2, 0.25) is 0 Å². The molecule has 0 N–H and O–H groups in total. The highest BCUT2D eigenvalue weighted by Gasteiger charge is 2.03. The minimum absolute atomic E-state index is 0.182. The molecule has 0 radical (unpaired) electrons. The Bertz CT molecular complexity index is 623. The van der Waals surface area contributed by atoms with Crippen LogP contribution in [0.4, 0.5) is 4.39 Å². The van der Waals surface area contributed by atoms with E-state index < -0.39 is 0 Å². The number of ketones is 1. The first kappa shape index (κ1) is 15.5. The van der Waals surface area contributed by atoms with Crippen molar-refractivity contribution in [3.63, 3.8) is 0 Å². The number of benzene rings is 2. The number of rotatable bonds is 6. The van der Waals surface area contributed by atoms with Crippen molar-refractivity contribution in [3.8, 4) is 5.75 Å². The van der Waals surface area contributed by atoms with Gasteiger partial charge in [-0.05, 0) is 43.2 Å². The van der Waals surface area contributed by atoms with E-state index in [1.165, 1.54) is 12.1 Å². The molecule has 0 saturated heterocycles. The highest BCUT2D eigenvalue weighted by molar-refractivity contribution is 6.31. The molecule has 0 bridgehead atoms. The molecule has 2 aromatic rings. The van der Waals surface area contributed by atoms with Gasteiger partial charge in [0.1, 0.15) is 24.0 Å². The van der Waals surface area contributed by atoms with E-state index in [-0.39, 0.29) is 18.2 Å². The van der Waals surface area contributed by atoms with Crippen molar-refractivity contribution in [2.24, 2.45) is 0 Å². The monoisotopic (exact) mass is 306 g/mol. The van der Waals surface area contributed by atoms with Crippen molar-refractivity contribution in [3.05, 3.63) is 64.4 Å². The number of ether oxygens (including phenoxy) is 1. The summed E-state index contributed by atoms with van der Waals surface area (Å²) in [5.74, 6) is 0.529. The Hall–Kier alpha value is -1.87. The van der Waals surface area contributed by atoms with E-state index in [2.05, 4.69) is 0 Å². The maximum absolute atomic E-state index is 12.9. The second kappa shape index (κ2) is 7.23. The molecule has 0 saturated carbocycles. The molecule has 0 spiro atoms. The van der Waals surface area contributed by atoms with Gasteiger partial charge >= 0.3 is 0 Å². The van der Waals surface area contributed by atoms with Crippen molar-refractivity contribution in [1.29, 1.82) is 0 Å². The van der Waals surface area contributed by atoms with E-state index in [1.54, 1.807) is 13.0 Å². The number of aryl methyl sites for hydroxylation is 1. The van der Waals surface area contributed by atoms with E-state index in [0.717, 1.165) is 17.5 Å². The number of hydrogen-bond acceptors (Lipinski definition) is 2. The van der Waals surface area contributed by atoms with Gasteiger partial charge in [0, 0.05) is 12.0 Å². The molecule has 110 valence electrons. The van der Waals surface area contributed by atoms with E-state index in [4.69, 9.17) is 16.3 Å². The summed E-state index contributed by atoms with van der Waals surface area (Å²) in [5, 5.41) is 0.355. The number of halogens is 2. The standard InChI is InChI=1S/C17H16ClFO2/c1-12(20)2-3-13-4-8-16(9-5-13)21-11-14-6-7-15(19)10-17(14)18/h4-10H,2-3,11H2,1H3. The van der Waals surface area contributed by atoms with Crippen molar-refractivity contribution in [2.75, 3.05) is 0 Å². The topological polar surface area (TPSA) is 26.3 Å². The van der Waals surface area contributed by atoms with Gasteiger partial charge in [-0.1, -0.05) is 29.8 Å². The van der Waals surface area contributed by atoms with Crippen molar-refractivity contribution in [1.82, 2.24) is 0 Å². The third kappa shape index (κ3) is 4.87. The Morgan fingerprint density at radius 2 is 1.90 bits per heavy atom. The Kier molecular flexibility index (Phi) is 5.34. The van der Waals surface area contributed by atoms with Crippen LogP contribution in [0, 0.1) is 5.82 Å². The smallest absolute Gasteiger partial charge is 0.130 e.